The number of benzene rings is 2. The van der Waals surface area contributed by atoms with E-state index in [0.29, 0.717) is 23.8 Å². The molecule has 7 heteroatoms. The Morgan fingerprint density at radius 3 is 2.41 bits per heavy atom. The minimum absolute atomic E-state index is 0.0374. The summed E-state index contributed by atoms with van der Waals surface area (Å²) < 4.78 is 13.0. The second kappa shape index (κ2) is 9.27. The third kappa shape index (κ3) is 5.26. The maximum Gasteiger partial charge on any atom is 0.321 e. The second-order valence-corrected chi connectivity index (χ2v) is 7.86. The van der Waals surface area contributed by atoms with Crippen LogP contribution in [0.1, 0.15) is 25.3 Å². The number of anilines is 2. The molecule has 1 fully saturated rings. The Balaban J connectivity index is 1.51. The van der Waals surface area contributed by atoms with Crippen LogP contribution in [0.25, 0.3) is 0 Å². The molecule has 29 heavy (non-hydrogen) atoms. The number of urea groups is 1. The van der Waals surface area contributed by atoms with Crippen LogP contribution in [0.2, 0.25) is 5.02 Å². The Kier molecular flexibility index (Phi) is 6.75. The van der Waals surface area contributed by atoms with Gasteiger partial charge in [-0.25, -0.2) is 9.18 Å². The summed E-state index contributed by atoms with van der Waals surface area (Å²) >= 11 is 6.12. The van der Waals surface area contributed by atoms with Crippen molar-refractivity contribution < 1.29 is 14.0 Å². The van der Waals surface area contributed by atoms with Gasteiger partial charge in [-0.05, 0) is 67.6 Å². The zero-order valence-corrected chi connectivity index (χ0v) is 17.3. The molecule has 1 aliphatic heterocycles. The molecule has 1 unspecified atom stereocenters. The van der Waals surface area contributed by atoms with Gasteiger partial charge in [-0.3, -0.25) is 4.79 Å². The first kappa shape index (κ1) is 21.1. The number of nitrogens with zero attached hydrogens (tertiary/aromatic N) is 1. The van der Waals surface area contributed by atoms with E-state index in [-0.39, 0.29) is 29.6 Å². The van der Waals surface area contributed by atoms with Crippen LogP contribution in [-0.2, 0) is 4.79 Å². The number of likely N-dealkylation sites (tertiary alicyclic amines) is 1. The Morgan fingerprint density at radius 1 is 1.10 bits per heavy atom. The summed E-state index contributed by atoms with van der Waals surface area (Å²) in [6.07, 6.45) is 1.50. The highest BCUT2D eigenvalue weighted by Crippen LogP contribution is 2.28. The van der Waals surface area contributed by atoms with Gasteiger partial charge in [0.05, 0.1) is 0 Å². The zero-order valence-electron chi connectivity index (χ0n) is 16.5. The maximum absolute atomic E-state index is 13.0. The van der Waals surface area contributed by atoms with E-state index < -0.39 is 0 Å². The molecule has 2 aromatic carbocycles. The van der Waals surface area contributed by atoms with Gasteiger partial charge in [0.25, 0.3) is 0 Å². The molecule has 1 saturated heterocycles. The van der Waals surface area contributed by atoms with Crippen molar-refractivity contribution in [2.24, 2.45) is 11.8 Å². The molecule has 0 aliphatic carbocycles. The quantitative estimate of drug-likeness (QED) is 0.708. The lowest BCUT2D eigenvalue weighted by Crippen LogP contribution is -2.43. The van der Waals surface area contributed by atoms with Crippen molar-refractivity contribution >= 4 is 34.9 Å². The molecule has 154 valence electrons. The summed E-state index contributed by atoms with van der Waals surface area (Å²) in [6.45, 7) is 4.95. The van der Waals surface area contributed by atoms with E-state index in [4.69, 9.17) is 11.6 Å². The molecule has 1 aliphatic rings. The molecular weight excluding hydrogens is 393 g/mol. The lowest BCUT2D eigenvalue weighted by Gasteiger charge is -2.34. The number of carbonyl (C=O) groups excluding carboxylic acids is 2. The van der Waals surface area contributed by atoms with Crippen LogP contribution in [0.15, 0.2) is 42.5 Å². The summed E-state index contributed by atoms with van der Waals surface area (Å²) in [6, 6.07) is 10.9. The number of carbonyl (C=O) groups is 2. The Labute approximate surface area is 175 Å². The lowest BCUT2D eigenvalue weighted by molar-refractivity contribution is -0.121. The van der Waals surface area contributed by atoms with Crippen LogP contribution in [0.5, 0.6) is 0 Å². The minimum Gasteiger partial charge on any atom is -0.326 e. The van der Waals surface area contributed by atoms with Crippen molar-refractivity contribution in [3.05, 3.63) is 58.9 Å². The number of halogens is 2. The number of hydrogen-bond donors (Lipinski definition) is 2. The summed E-state index contributed by atoms with van der Waals surface area (Å²) in [5.41, 5.74) is 2.13. The fraction of sp³-hybridized carbons (Fsp3) is 0.364. The Hall–Kier alpha value is -2.60. The van der Waals surface area contributed by atoms with E-state index >= 15 is 0 Å². The molecule has 0 radical (unpaired) electrons. The highest BCUT2D eigenvalue weighted by atomic mass is 35.5. The van der Waals surface area contributed by atoms with Crippen molar-refractivity contribution in [3.63, 3.8) is 0 Å². The van der Waals surface area contributed by atoms with E-state index in [1.807, 2.05) is 26.0 Å². The van der Waals surface area contributed by atoms with Crippen LogP contribution >= 0.6 is 11.6 Å². The topological polar surface area (TPSA) is 61.4 Å². The monoisotopic (exact) mass is 417 g/mol. The van der Waals surface area contributed by atoms with Crippen molar-refractivity contribution in [3.8, 4) is 0 Å². The van der Waals surface area contributed by atoms with E-state index in [1.54, 1.807) is 11.0 Å². The van der Waals surface area contributed by atoms with Gasteiger partial charge in [-0.2, -0.15) is 0 Å². The van der Waals surface area contributed by atoms with Gasteiger partial charge in [0.1, 0.15) is 5.82 Å². The number of rotatable bonds is 4. The van der Waals surface area contributed by atoms with Crippen molar-refractivity contribution in [1.29, 1.82) is 0 Å². The molecule has 0 bridgehead atoms. The first-order chi connectivity index (χ1) is 13.8. The minimum atomic E-state index is -0.343. The van der Waals surface area contributed by atoms with E-state index in [9.17, 15) is 14.0 Å². The van der Waals surface area contributed by atoms with Crippen molar-refractivity contribution in [2.45, 2.75) is 26.7 Å². The van der Waals surface area contributed by atoms with E-state index in [2.05, 4.69) is 10.6 Å². The normalized spacial score (nSPS) is 15.7. The van der Waals surface area contributed by atoms with Crippen molar-refractivity contribution in [1.82, 2.24) is 4.90 Å². The van der Waals surface area contributed by atoms with E-state index in [0.717, 1.165) is 24.1 Å². The van der Waals surface area contributed by atoms with Gasteiger partial charge < -0.3 is 15.5 Å². The molecule has 2 N–H and O–H groups in total. The number of hydrogen-bond acceptors (Lipinski definition) is 2. The summed E-state index contributed by atoms with van der Waals surface area (Å²) in [7, 11) is 0. The Bertz CT molecular complexity index is 880. The average Bonchev–Trinajstić information content (AvgIpc) is 2.72. The predicted octanol–water partition coefficient (Wildman–Crippen LogP) is 5.31. The molecule has 3 rings (SSSR count). The largest absolute Gasteiger partial charge is 0.326 e. The maximum atomic E-state index is 13.0. The average molecular weight is 418 g/mol. The van der Waals surface area contributed by atoms with Gasteiger partial charge in [0.15, 0.2) is 0 Å². The first-order valence-electron chi connectivity index (χ1n) is 9.72. The van der Waals surface area contributed by atoms with Crippen LogP contribution in [0.4, 0.5) is 20.6 Å². The van der Waals surface area contributed by atoms with Crippen molar-refractivity contribution in [2.75, 3.05) is 23.7 Å². The number of piperidine rings is 1. The van der Waals surface area contributed by atoms with Gasteiger partial charge in [0.2, 0.25) is 5.91 Å². The third-order valence-electron chi connectivity index (χ3n) is 5.57. The van der Waals surface area contributed by atoms with E-state index in [1.165, 1.54) is 24.3 Å². The number of amides is 3. The molecule has 3 amide bonds. The molecule has 1 heterocycles. The fourth-order valence-corrected chi connectivity index (χ4v) is 3.72. The van der Waals surface area contributed by atoms with Crippen LogP contribution in [0.3, 0.4) is 0 Å². The predicted molar refractivity (Wildman–Crippen MR) is 114 cm³/mol. The Morgan fingerprint density at radius 2 is 1.76 bits per heavy atom. The van der Waals surface area contributed by atoms with Gasteiger partial charge >= 0.3 is 6.03 Å². The third-order valence-corrected chi connectivity index (χ3v) is 5.98. The number of nitrogens with one attached hydrogen (secondary N) is 2. The molecule has 2 aromatic rings. The van der Waals surface area contributed by atoms with Crippen LogP contribution in [-0.4, -0.2) is 29.9 Å². The summed E-state index contributed by atoms with van der Waals surface area (Å²) in [5, 5.41) is 6.37. The van der Waals surface area contributed by atoms with Crippen LogP contribution in [0, 0.1) is 24.6 Å². The first-order valence-corrected chi connectivity index (χ1v) is 10.1. The fourth-order valence-electron chi connectivity index (χ4n) is 3.54. The molecule has 0 saturated carbocycles. The lowest BCUT2D eigenvalue weighted by atomic mass is 9.85. The van der Waals surface area contributed by atoms with Gasteiger partial charge in [-0.15, -0.1) is 0 Å². The molecule has 0 spiro atoms. The highest BCUT2D eigenvalue weighted by molar-refractivity contribution is 6.31. The molecule has 5 nitrogen and oxygen atoms in total. The molecule has 0 aromatic heterocycles. The zero-order chi connectivity index (χ0) is 21.0. The second-order valence-electron chi connectivity index (χ2n) is 7.45. The summed E-state index contributed by atoms with van der Waals surface area (Å²) in [5.74, 6) is -0.353. The summed E-state index contributed by atoms with van der Waals surface area (Å²) in [4.78, 5) is 26.8. The smallest absolute Gasteiger partial charge is 0.321 e. The highest BCUT2D eigenvalue weighted by Gasteiger charge is 2.30. The molecular formula is C22H25ClFN3O2. The SMILES string of the molecule is Cc1c(Cl)cccc1NC(=O)C(C)C1CCN(C(=O)Nc2ccc(F)cc2)CC1. The van der Waals surface area contributed by atoms with Gasteiger partial charge in [-0.1, -0.05) is 24.6 Å². The standard InChI is InChI=1S/C22H25ClFN3O2/c1-14(21(28)26-20-5-3-4-19(23)15(20)2)16-10-12-27(13-11-16)22(29)25-18-8-6-17(24)7-9-18/h3-9,14,16H,10-13H2,1-2H3,(H,25,29)(H,26,28). The van der Waals surface area contributed by atoms with Crippen LogP contribution < -0.4 is 10.6 Å². The molecule has 1 atom stereocenters. The van der Waals surface area contributed by atoms with Gasteiger partial charge in [0, 0.05) is 35.4 Å².